The molecule has 0 aliphatic rings. The molecule has 5 heteroatoms. The van der Waals surface area contributed by atoms with Crippen LogP contribution in [0.25, 0.3) is 0 Å². The third kappa shape index (κ3) is 2.05. The molecule has 1 unspecified atom stereocenters. The Labute approximate surface area is 98.6 Å². The Morgan fingerprint density at radius 2 is 1.50 bits per heavy atom. The molecule has 1 rings (SSSR count). The maximum Gasteiger partial charge on any atom is 0.242 e. The van der Waals surface area contributed by atoms with Gasteiger partial charge in [0.05, 0.1) is 10.2 Å². The van der Waals surface area contributed by atoms with Crippen molar-refractivity contribution >= 4 is 10.2 Å². The zero-order valence-corrected chi connectivity index (χ0v) is 12.1. The van der Waals surface area contributed by atoms with E-state index in [4.69, 9.17) is 14.2 Å². The topological polar surface area (TPSA) is 47.9 Å². The Morgan fingerprint density at radius 3 is 1.88 bits per heavy atom. The van der Waals surface area contributed by atoms with E-state index < -0.39 is 11.2 Å². The fourth-order valence-corrected chi connectivity index (χ4v) is 2.08. The van der Waals surface area contributed by atoms with E-state index in [1.807, 2.05) is 18.2 Å². The van der Waals surface area contributed by atoms with Crippen molar-refractivity contribution in [2.75, 3.05) is 21.3 Å². The van der Waals surface area contributed by atoms with Gasteiger partial charge in [-0.15, -0.1) is 0 Å². The van der Waals surface area contributed by atoms with E-state index in [1.54, 1.807) is 12.1 Å². The second-order valence-electron chi connectivity index (χ2n) is 3.57. The molecule has 1 aromatic carbocycles. The van der Waals surface area contributed by atoms with Crippen LogP contribution in [0.1, 0.15) is 5.56 Å². The molecule has 0 saturated carbocycles. The summed E-state index contributed by atoms with van der Waals surface area (Å²) in [6, 6.07) is 9.07. The Bertz CT molecular complexity index is 326. The van der Waals surface area contributed by atoms with Crippen molar-refractivity contribution in [2.24, 2.45) is 0 Å². The molecule has 4 nitrogen and oxygen atoms in total. The molecule has 90 valence electrons. The zero-order chi connectivity index (χ0) is 12.2. The minimum absolute atomic E-state index is 0.452. The van der Waals surface area contributed by atoms with Crippen molar-refractivity contribution in [3.63, 3.8) is 0 Å². The average Bonchev–Trinajstić information content (AvgIpc) is 2.37. The van der Waals surface area contributed by atoms with Gasteiger partial charge >= 0.3 is 0 Å². The molecule has 1 N–H and O–H groups in total. The van der Waals surface area contributed by atoms with Crippen LogP contribution in [-0.2, 0) is 20.0 Å². The van der Waals surface area contributed by atoms with Gasteiger partial charge in [-0.3, -0.25) is 0 Å². The maximum atomic E-state index is 10.6. The van der Waals surface area contributed by atoms with Crippen LogP contribution in [0.2, 0.25) is 0 Å². The number of rotatable bonds is 5. The number of ether oxygens (including phenoxy) is 3. The molecule has 1 aromatic rings. The van der Waals surface area contributed by atoms with Crippen molar-refractivity contribution in [3.8, 4) is 0 Å². The molecular formula is C11H18O4Si. The second kappa shape index (κ2) is 5.07. The molecule has 0 amide bonds. The lowest BCUT2D eigenvalue weighted by Gasteiger charge is -2.41. The summed E-state index contributed by atoms with van der Waals surface area (Å²) >= 11 is 0. The van der Waals surface area contributed by atoms with E-state index in [0.717, 1.165) is 0 Å². The monoisotopic (exact) mass is 242 g/mol. The van der Waals surface area contributed by atoms with Crippen molar-refractivity contribution in [2.45, 2.75) is 11.2 Å². The lowest BCUT2D eigenvalue weighted by atomic mass is 10.0. The molecule has 0 radical (unpaired) electrons. The van der Waals surface area contributed by atoms with Gasteiger partial charge in [0.2, 0.25) is 5.79 Å². The standard InChI is InChI=1S/C11H18O4Si/c1-13-10(12,11(16,14-2)15-3)9-7-5-4-6-8-9/h4-8,12H,1-3,16H3. The Hall–Kier alpha value is -0.723. The third-order valence-electron chi connectivity index (χ3n) is 2.86. The van der Waals surface area contributed by atoms with E-state index in [0.29, 0.717) is 15.8 Å². The Kier molecular flexibility index (Phi) is 4.23. The van der Waals surface area contributed by atoms with Crippen LogP contribution in [0.15, 0.2) is 30.3 Å². The van der Waals surface area contributed by atoms with Crippen LogP contribution in [0.3, 0.4) is 0 Å². The van der Waals surface area contributed by atoms with E-state index in [2.05, 4.69) is 0 Å². The molecule has 0 fully saturated rings. The number of benzene rings is 1. The predicted octanol–water partition coefficient (Wildman–Crippen LogP) is -0.210. The van der Waals surface area contributed by atoms with Gasteiger partial charge < -0.3 is 19.3 Å². The molecule has 16 heavy (non-hydrogen) atoms. The van der Waals surface area contributed by atoms with E-state index >= 15 is 0 Å². The lowest BCUT2D eigenvalue weighted by Crippen LogP contribution is -2.56. The highest BCUT2D eigenvalue weighted by molar-refractivity contribution is 6.14. The highest BCUT2D eigenvalue weighted by Gasteiger charge is 2.50. The molecule has 0 spiro atoms. The first-order valence-electron chi connectivity index (χ1n) is 4.97. The van der Waals surface area contributed by atoms with Gasteiger partial charge in [-0.2, -0.15) is 0 Å². The lowest BCUT2D eigenvalue weighted by molar-refractivity contribution is -0.350. The van der Waals surface area contributed by atoms with E-state index in [-0.39, 0.29) is 0 Å². The minimum atomic E-state index is -1.59. The van der Waals surface area contributed by atoms with Gasteiger partial charge in [0.15, 0.2) is 5.41 Å². The molecule has 0 saturated heterocycles. The predicted molar refractivity (Wildman–Crippen MR) is 64.0 cm³/mol. The highest BCUT2D eigenvalue weighted by Crippen LogP contribution is 2.34. The van der Waals surface area contributed by atoms with E-state index in [1.165, 1.54) is 21.3 Å². The fraction of sp³-hybridized carbons (Fsp3) is 0.455. The number of hydrogen-bond acceptors (Lipinski definition) is 4. The summed E-state index contributed by atoms with van der Waals surface area (Å²) in [5.74, 6) is -1.59. The highest BCUT2D eigenvalue weighted by atomic mass is 28.1. The maximum absolute atomic E-state index is 10.6. The van der Waals surface area contributed by atoms with Crippen molar-refractivity contribution in [1.29, 1.82) is 0 Å². The first-order valence-corrected chi connectivity index (χ1v) is 5.97. The smallest absolute Gasteiger partial charge is 0.242 e. The summed E-state index contributed by atoms with van der Waals surface area (Å²) in [4.78, 5) is 0. The molecule has 0 aliphatic carbocycles. The van der Waals surface area contributed by atoms with Crippen LogP contribution in [-0.4, -0.2) is 42.1 Å². The molecule has 0 bridgehead atoms. The summed E-state index contributed by atoms with van der Waals surface area (Å²) in [6.45, 7) is 0. The SMILES string of the molecule is COC([SiH3])(OC)C(O)(OC)c1ccccc1. The molecule has 0 heterocycles. The summed E-state index contributed by atoms with van der Waals surface area (Å²) in [5, 5.41) is 10.6. The first kappa shape index (κ1) is 13.3. The average molecular weight is 242 g/mol. The van der Waals surface area contributed by atoms with E-state index in [9.17, 15) is 5.11 Å². The number of hydrogen-bond donors (Lipinski definition) is 1. The van der Waals surface area contributed by atoms with Gasteiger partial charge in [0.25, 0.3) is 0 Å². The third-order valence-corrected chi connectivity index (χ3v) is 4.35. The summed E-state index contributed by atoms with van der Waals surface area (Å²) in [6.07, 6.45) is 0. The minimum Gasteiger partial charge on any atom is -0.358 e. The summed E-state index contributed by atoms with van der Waals surface area (Å²) in [7, 11) is 4.86. The molecule has 1 atom stereocenters. The number of methoxy groups -OCH3 is 3. The van der Waals surface area contributed by atoms with Crippen LogP contribution in [0.4, 0.5) is 0 Å². The van der Waals surface area contributed by atoms with Crippen LogP contribution in [0.5, 0.6) is 0 Å². The van der Waals surface area contributed by atoms with Crippen LogP contribution >= 0.6 is 0 Å². The zero-order valence-electron chi connectivity index (χ0n) is 10.1. The second-order valence-corrected chi connectivity index (χ2v) is 4.88. The van der Waals surface area contributed by atoms with Crippen LogP contribution in [0, 0.1) is 0 Å². The quantitative estimate of drug-likeness (QED) is 0.573. The van der Waals surface area contributed by atoms with Gasteiger partial charge in [-0.1, -0.05) is 30.3 Å². The molecule has 0 aliphatic heterocycles. The van der Waals surface area contributed by atoms with Gasteiger partial charge in [-0.25, -0.2) is 0 Å². The molecule has 0 aromatic heterocycles. The fourth-order valence-electron chi connectivity index (χ4n) is 1.59. The van der Waals surface area contributed by atoms with Crippen LogP contribution < -0.4 is 0 Å². The van der Waals surface area contributed by atoms with Crippen molar-refractivity contribution in [1.82, 2.24) is 0 Å². The van der Waals surface area contributed by atoms with Gasteiger partial charge in [-0.05, 0) is 0 Å². The van der Waals surface area contributed by atoms with Crippen molar-refractivity contribution < 1.29 is 19.3 Å². The Balaban J connectivity index is 3.21. The van der Waals surface area contributed by atoms with Gasteiger partial charge in [0, 0.05) is 26.9 Å². The normalized spacial score (nSPS) is 16.0. The largest absolute Gasteiger partial charge is 0.358 e. The summed E-state index contributed by atoms with van der Waals surface area (Å²) in [5.41, 5.74) is -0.528. The summed E-state index contributed by atoms with van der Waals surface area (Å²) < 4.78 is 15.7. The first-order chi connectivity index (χ1) is 7.54. The van der Waals surface area contributed by atoms with Gasteiger partial charge in [0.1, 0.15) is 0 Å². The van der Waals surface area contributed by atoms with Crippen molar-refractivity contribution in [3.05, 3.63) is 35.9 Å². The molecular weight excluding hydrogens is 224 g/mol. The Morgan fingerprint density at radius 1 is 1.00 bits per heavy atom. The number of aliphatic hydroxyl groups is 1.